The summed E-state index contributed by atoms with van der Waals surface area (Å²) in [5, 5.41) is 0. The predicted octanol–water partition coefficient (Wildman–Crippen LogP) is 1.96. The van der Waals surface area contributed by atoms with Crippen LogP contribution in [0.5, 0.6) is 11.5 Å². The van der Waals surface area contributed by atoms with Gasteiger partial charge in [0.15, 0.2) is 11.5 Å². The Morgan fingerprint density at radius 1 is 1.10 bits per heavy atom. The number of aryl methyl sites for hydroxylation is 1. The van der Waals surface area contributed by atoms with E-state index in [9.17, 15) is 8.42 Å². The van der Waals surface area contributed by atoms with E-state index in [1.165, 1.54) is 12.1 Å². The van der Waals surface area contributed by atoms with E-state index in [-0.39, 0.29) is 10.7 Å². The lowest BCUT2D eigenvalue weighted by atomic mass is 10.3. The summed E-state index contributed by atoms with van der Waals surface area (Å²) >= 11 is 0. The Morgan fingerprint density at radius 2 is 1.86 bits per heavy atom. The number of hydrogen-bond donors (Lipinski definition) is 1. The lowest BCUT2D eigenvalue weighted by molar-refractivity contribution is 0.171. The number of fused-ring (bicyclic) bond motifs is 1. The van der Waals surface area contributed by atoms with E-state index in [0.29, 0.717) is 24.7 Å². The molecular formula is C14H14N2O4S. The summed E-state index contributed by atoms with van der Waals surface area (Å²) in [6.45, 7) is 2.73. The molecular weight excluding hydrogens is 292 g/mol. The zero-order valence-electron chi connectivity index (χ0n) is 11.4. The first-order valence-electron chi connectivity index (χ1n) is 6.40. The van der Waals surface area contributed by atoms with Crippen LogP contribution in [0.2, 0.25) is 0 Å². The number of rotatable bonds is 3. The van der Waals surface area contributed by atoms with Gasteiger partial charge in [-0.1, -0.05) is 0 Å². The Morgan fingerprint density at radius 3 is 2.62 bits per heavy atom. The largest absolute Gasteiger partial charge is 0.486 e. The second-order valence-corrected chi connectivity index (χ2v) is 6.31. The number of nitrogens with zero attached hydrogens (tertiary/aromatic N) is 1. The third-order valence-electron chi connectivity index (χ3n) is 2.98. The summed E-state index contributed by atoms with van der Waals surface area (Å²) in [5.74, 6) is 1.26. The molecule has 110 valence electrons. The van der Waals surface area contributed by atoms with Crippen molar-refractivity contribution in [1.82, 2.24) is 4.98 Å². The number of hydrogen-bond acceptors (Lipinski definition) is 5. The Labute approximate surface area is 122 Å². The van der Waals surface area contributed by atoms with Gasteiger partial charge >= 0.3 is 0 Å². The number of pyridine rings is 1. The van der Waals surface area contributed by atoms with Crippen molar-refractivity contribution in [2.75, 3.05) is 17.9 Å². The third-order valence-corrected chi connectivity index (χ3v) is 4.33. The molecule has 0 atom stereocenters. The number of benzene rings is 1. The summed E-state index contributed by atoms with van der Waals surface area (Å²) in [6.07, 6.45) is 1.55. The number of aromatic nitrogens is 1. The van der Waals surface area contributed by atoms with Crippen LogP contribution in [-0.4, -0.2) is 26.6 Å². The highest BCUT2D eigenvalue weighted by Gasteiger charge is 2.19. The van der Waals surface area contributed by atoms with Crippen LogP contribution in [0.15, 0.2) is 41.4 Å². The maximum absolute atomic E-state index is 12.4. The highest BCUT2D eigenvalue weighted by atomic mass is 32.2. The number of ether oxygens (including phenoxy) is 2. The van der Waals surface area contributed by atoms with E-state index < -0.39 is 10.0 Å². The zero-order chi connectivity index (χ0) is 14.9. The maximum Gasteiger partial charge on any atom is 0.263 e. The van der Waals surface area contributed by atoms with Crippen LogP contribution in [0.1, 0.15) is 5.56 Å². The van der Waals surface area contributed by atoms with Crippen molar-refractivity contribution < 1.29 is 17.9 Å². The van der Waals surface area contributed by atoms with Gasteiger partial charge in [-0.15, -0.1) is 0 Å². The standard InChI is InChI=1S/C14H14N2O4S/c1-10-4-5-15-14(8-10)16-21(17,18)11-2-3-12-13(9-11)20-7-6-19-12/h2-5,8-9H,6-7H2,1H3,(H,15,16). The topological polar surface area (TPSA) is 77.5 Å². The van der Waals surface area contributed by atoms with E-state index in [4.69, 9.17) is 9.47 Å². The molecule has 2 heterocycles. The highest BCUT2D eigenvalue weighted by molar-refractivity contribution is 7.92. The van der Waals surface area contributed by atoms with Crippen LogP contribution in [0.4, 0.5) is 5.82 Å². The lowest BCUT2D eigenvalue weighted by Gasteiger charge is -2.19. The second-order valence-electron chi connectivity index (χ2n) is 4.63. The van der Waals surface area contributed by atoms with Crippen molar-refractivity contribution in [1.29, 1.82) is 0 Å². The number of anilines is 1. The molecule has 0 saturated heterocycles. The van der Waals surface area contributed by atoms with Crippen LogP contribution in [0.25, 0.3) is 0 Å². The highest BCUT2D eigenvalue weighted by Crippen LogP contribution is 2.32. The minimum atomic E-state index is -3.71. The van der Waals surface area contributed by atoms with E-state index in [1.54, 1.807) is 24.4 Å². The molecule has 21 heavy (non-hydrogen) atoms. The van der Waals surface area contributed by atoms with Crippen molar-refractivity contribution in [2.45, 2.75) is 11.8 Å². The fourth-order valence-electron chi connectivity index (χ4n) is 1.98. The van der Waals surface area contributed by atoms with Gasteiger partial charge in [-0.3, -0.25) is 4.72 Å². The molecule has 6 nitrogen and oxygen atoms in total. The summed E-state index contributed by atoms with van der Waals surface area (Å²) in [6, 6.07) is 7.97. The third kappa shape index (κ3) is 2.92. The van der Waals surface area contributed by atoms with Gasteiger partial charge in [-0.05, 0) is 36.8 Å². The summed E-state index contributed by atoms with van der Waals surface area (Å²) in [4.78, 5) is 4.10. The SMILES string of the molecule is Cc1ccnc(NS(=O)(=O)c2ccc3c(c2)OCCO3)c1. The molecule has 0 aliphatic carbocycles. The Balaban J connectivity index is 1.91. The number of sulfonamides is 1. The molecule has 7 heteroatoms. The first-order valence-corrected chi connectivity index (χ1v) is 7.88. The van der Waals surface area contributed by atoms with E-state index in [0.717, 1.165) is 5.56 Å². The summed E-state index contributed by atoms with van der Waals surface area (Å²) in [7, 11) is -3.71. The van der Waals surface area contributed by atoms with Gasteiger partial charge in [0.25, 0.3) is 10.0 Å². The van der Waals surface area contributed by atoms with Gasteiger partial charge < -0.3 is 9.47 Å². The molecule has 0 amide bonds. The minimum Gasteiger partial charge on any atom is -0.486 e. The Hall–Kier alpha value is -2.28. The minimum absolute atomic E-state index is 0.107. The first kappa shape index (κ1) is 13.7. The monoisotopic (exact) mass is 306 g/mol. The smallest absolute Gasteiger partial charge is 0.263 e. The lowest BCUT2D eigenvalue weighted by Crippen LogP contribution is -2.17. The molecule has 1 aliphatic rings. The van der Waals surface area contributed by atoms with Crippen molar-refractivity contribution in [3.63, 3.8) is 0 Å². The quantitative estimate of drug-likeness (QED) is 0.938. The molecule has 1 aliphatic heterocycles. The molecule has 3 rings (SSSR count). The molecule has 2 aromatic rings. The molecule has 0 spiro atoms. The molecule has 0 unspecified atom stereocenters. The van der Waals surface area contributed by atoms with Gasteiger partial charge in [0.1, 0.15) is 19.0 Å². The molecule has 0 radical (unpaired) electrons. The molecule has 0 bridgehead atoms. The average Bonchev–Trinajstić information content (AvgIpc) is 2.46. The predicted molar refractivity (Wildman–Crippen MR) is 77.2 cm³/mol. The molecule has 1 aromatic carbocycles. The fourth-order valence-corrected chi connectivity index (χ4v) is 2.99. The van der Waals surface area contributed by atoms with E-state index in [2.05, 4.69) is 9.71 Å². The van der Waals surface area contributed by atoms with E-state index >= 15 is 0 Å². The molecule has 1 aromatic heterocycles. The molecule has 1 N–H and O–H groups in total. The zero-order valence-corrected chi connectivity index (χ0v) is 12.2. The van der Waals surface area contributed by atoms with Crippen molar-refractivity contribution in [3.05, 3.63) is 42.1 Å². The van der Waals surface area contributed by atoms with E-state index in [1.807, 2.05) is 6.92 Å². The Bertz CT molecular complexity index is 774. The second kappa shape index (κ2) is 5.25. The Kier molecular flexibility index (Phi) is 3.42. The van der Waals surface area contributed by atoms with Crippen LogP contribution in [0, 0.1) is 6.92 Å². The fraction of sp³-hybridized carbons (Fsp3) is 0.214. The van der Waals surface area contributed by atoms with Crippen LogP contribution in [0.3, 0.4) is 0 Å². The number of nitrogens with one attached hydrogen (secondary N) is 1. The summed E-state index contributed by atoms with van der Waals surface area (Å²) in [5.41, 5.74) is 0.921. The van der Waals surface area contributed by atoms with Gasteiger partial charge in [0, 0.05) is 12.3 Å². The van der Waals surface area contributed by atoms with Crippen molar-refractivity contribution in [3.8, 4) is 11.5 Å². The van der Waals surface area contributed by atoms with Gasteiger partial charge in [0.05, 0.1) is 4.90 Å². The van der Waals surface area contributed by atoms with Crippen molar-refractivity contribution in [2.24, 2.45) is 0 Å². The molecule has 0 saturated carbocycles. The average molecular weight is 306 g/mol. The first-order chi connectivity index (χ1) is 10.0. The van der Waals surface area contributed by atoms with Crippen LogP contribution < -0.4 is 14.2 Å². The normalized spacial score (nSPS) is 13.8. The van der Waals surface area contributed by atoms with Gasteiger partial charge in [-0.2, -0.15) is 0 Å². The molecule has 0 fully saturated rings. The van der Waals surface area contributed by atoms with Crippen molar-refractivity contribution >= 4 is 15.8 Å². The maximum atomic E-state index is 12.4. The van der Waals surface area contributed by atoms with Gasteiger partial charge in [0.2, 0.25) is 0 Å². The summed E-state index contributed by atoms with van der Waals surface area (Å²) < 4.78 is 37.9. The van der Waals surface area contributed by atoms with Crippen LogP contribution in [-0.2, 0) is 10.0 Å². The van der Waals surface area contributed by atoms with Gasteiger partial charge in [-0.25, -0.2) is 13.4 Å². The van der Waals surface area contributed by atoms with Crippen LogP contribution >= 0.6 is 0 Å².